The largest absolute Gasteiger partial charge is 0.435 e. The van der Waals surface area contributed by atoms with E-state index in [4.69, 9.17) is 9.73 Å². The van der Waals surface area contributed by atoms with Crippen molar-refractivity contribution in [1.82, 2.24) is 9.97 Å². The van der Waals surface area contributed by atoms with Crippen molar-refractivity contribution >= 4 is 11.7 Å². The molecule has 0 saturated heterocycles. The average Bonchev–Trinajstić information content (AvgIpc) is 2.76. The predicted octanol–water partition coefficient (Wildman–Crippen LogP) is 2.24. The van der Waals surface area contributed by atoms with Gasteiger partial charge >= 0.3 is 0 Å². The molecule has 2 aliphatic rings. The number of nitrogens with zero attached hydrogens (tertiary/aromatic N) is 4. The Kier molecular flexibility index (Phi) is 2.09. The van der Waals surface area contributed by atoms with E-state index in [0.717, 1.165) is 29.5 Å². The van der Waals surface area contributed by atoms with Crippen LogP contribution in [0.4, 0.5) is 5.82 Å². The van der Waals surface area contributed by atoms with Gasteiger partial charge in [-0.1, -0.05) is 12.1 Å². The van der Waals surface area contributed by atoms with Crippen LogP contribution in [0, 0.1) is 0 Å². The molecule has 0 spiro atoms. The van der Waals surface area contributed by atoms with Gasteiger partial charge in [-0.15, -0.1) is 0 Å². The van der Waals surface area contributed by atoms with Gasteiger partial charge in [-0.2, -0.15) is 0 Å². The Labute approximate surface area is 110 Å². The second kappa shape index (κ2) is 3.78. The van der Waals surface area contributed by atoms with Gasteiger partial charge < -0.3 is 9.64 Å². The van der Waals surface area contributed by atoms with E-state index in [1.807, 2.05) is 24.3 Å². The Morgan fingerprint density at radius 1 is 1.21 bits per heavy atom. The van der Waals surface area contributed by atoms with Crippen molar-refractivity contribution in [2.45, 2.75) is 13.0 Å². The van der Waals surface area contributed by atoms with Crippen LogP contribution in [0.25, 0.3) is 0 Å². The highest BCUT2D eigenvalue weighted by Gasteiger charge is 2.33. The minimum absolute atomic E-state index is 0.246. The number of aliphatic imine (C=N–C) groups is 1. The van der Waals surface area contributed by atoms with Crippen molar-refractivity contribution in [2.24, 2.45) is 4.99 Å². The highest BCUT2D eigenvalue weighted by atomic mass is 16.5. The second-order valence-electron chi connectivity index (χ2n) is 4.70. The molecule has 1 aromatic carbocycles. The number of benzene rings is 1. The first-order chi connectivity index (χ1) is 9.33. The van der Waals surface area contributed by atoms with E-state index in [-0.39, 0.29) is 6.04 Å². The summed E-state index contributed by atoms with van der Waals surface area (Å²) in [7, 11) is 0. The zero-order valence-electron chi connectivity index (χ0n) is 10.4. The van der Waals surface area contributed by atoms with Gasteiger partial charge in [0.25, 0.3) is 5.88 Å². The molecule has 0 amide bonds. The molecule has 0 radical (unpaired) electrons. The van der Waals surface area contributed by atoms with Crippen LogP contribution < -0.4 is 9.64 Å². The third-order valence-electron chi connectivity index (χ3n) is 3.28. The van der Waals surface area contributed by atoms with E-state index < -0.39 is 0 Å². The van der Waals surface area contributed by atoms with Crippen LogP contribution in [0.15, 0.2) is 41.7 Å². The number of hydrogen-bond acceptors (Lipinski definition) is 5. The molecule has 0 fully saturated rings. The third kappa shape index (κ3) is 1.51. The number of rotatable bonds is 0. The fourth-order valence-electron chi connectivity index (χ4n) is 2.49. The van der Waals surface area contributed by atoms with E-state index in [2.05, 4.69) is 21.8 Å². The first-order valence-corrected chi connectivity index (χ1v) is 6.26. The topological polar surface area (TPSA) is 50.6 Å². The molecular formula is C14H12N4O. The number of amidine groups is 1. The van der Waals surface area contributed by atoms with Crippen molar-refractivity contribution in [3.05, 3.63) is 42.2 Å². The summed E-state index contributed by atoms with van der Waals surface area (Å²) in [6, 6.07) is 8.14. The van der Waals surface area contributed by atoms with Crippen molar-refractivity contribution in [3.63, 3.8) is 0 Å². The summed E-state index contributed by atoms with van der Waals surface area (Å²) < 4.78 is 5.88. The predicted molar refractivity (Wildman–Crippen MR) is 71.9 cm³/mol. The van der Waals surface area contributed by atoms with E-state index >= 15 is 0 Å². The maximum atomic E-state index is 5.88. The lowest BCUT2D eigenvalue weighted by Gasteiger charge is -2.17. The number of aromatic nitrogens is 2. The average molecular weight is 252 g/mol. The van der Waals surface area contributed by atoms with Gasteiger partial charge in [0.05, 0.1) is 11.6 Å². The van der Waals surface area contributed by atoms with Crippen molar-refractivity contribution in [3.8, 4) is 11.6 Å². The van der Waals surface area contributed by atoms with Crippen LogP contribution in [-0.4, -0.2) is 28.4 Å². The van der Waals surface area contributed by atoms with Crippen molar-refractivity contribution in [1.29, 1.82) is 0 Å². The van der Waals surface area contributed by atoms with Gasteiger partial charge in [-0.05, 0) is 19.1 Å². The lowest BCUT2D eigenvalue weighted by atomic mass is 10.2. The first-order valence-electron chi connectivity index (χ1n) is 6.26. The zero-order valence-corrected chi connectivity index (χ0v) is 10.4. The van der Waals surface area contributed by atoms with Crippen LogP contribution >= 0.6 is 0 Å². The number of fused-ring (bicyclic) bond motifs is 5. The molecule has 19 heavy (non-hydrogen) atoms. The number of hydrogen-bond donors (Lipinski definition) is 0. The van der Waals surface area contributed by atoms with Gasteiger partial charge in [-0.25, -0.2) is 9.97 Å². The first kappa shape index (κ1) is 10.5. The Hall–Kier alpha value is -2.43. The molecular weight excluding hydrogens is 240 g/mol. The van der Waals surface area contributed by atoms with E-state index in [1.165, 1.54) is 0 Å². The smallest absolute Gasteiger partial charge is 0.263 e. The summed E-state index contributed by atoms with van der Waals surface area (Å²) in [5.74, 6) is 2.97. The van der Waals surface area contributed by atoms with Crippen molar-refractivity contribution < 1.29 is 4.74 Å². The maximum Gasteiger partial charge on any atom is 0.263 e. The molecule has 1 aromatic heterocycles. The zero-order chi connectivity index (χ0) is 12.8. The minimum Gasteiger partial charge on any atom is -0.435 e. The number of ether oxygens (including phenoxy) is 1. The quantitative estimate of drug-likeness (QED) is 0.721. The number of para-hydroxylation sites is 1. The van der Waals surface area contributed by atoms with Gasteiger partial charge in [-0.3, -0.25) is 4.99 Å². The molecule has 4 rings (SSSR count). The molecule has 2 aromatic rings. The highest BCUT2D eigenvalue weighted by Crippen LogP contribution is 2.37. The van der Waals surface area contributed by atoms with Gasteiger partial charge in [0.2, 0.25) is 0 Å². The molecule has 1 unspecified atom stereocenters. The monoisotopic (exact) mass is 252 g/mol. The maximum absolute atomic E-state index is 5.88. The van der Waals surface area contributed by atoms with Gasteiger partial charge in [0, 0.05) is 18.9 Å². The molecule has 94 valence electrons. The highest BCUT2D eigenvalue weighted by molar-refractivity contribution is 6.13. The summed E-state index contributed by atoms with van der Waals surface area (Å²) in [5.41, 5.74) is 0.992. The summed E-state index contributed by atoms with van der Waals surface area (Å²) >= 11 is 0. The second-order valence-corrected chi connectivity index (χ2v) is 4.70. The fraction of sp³-hybridized carbons (Fsp3) is 0.214. The van der Waals surface area contributed by atoms with E-state index in [9.17, 15) is 0 Å². The van der Waals surface area contributed by atoms with E-state index in [1.54, 1.807) is 12.4 Å². The Morgan fingerprint density at radius 3 is 3.00 bits per heavy atom. The lowest BCUT2D eigenvalue weighted by molar-refractivity contribution is 0.462. The molecule has 0 saturated carbocycles. The molecule has 1 atom stereocenters. The normalized spacial score (nSPS) is 19.7. The summed E-state index contributed by atoms with van der Waals surface area (Å²) in [5, 5.41) is 0. The molecule has 2 aliphatic heterocycles. The molecule has 5 heteroatoms. The Balaban J connectivity index is 1.99. The van der Waals surface area contributed by atoms with Gasteiger partial charge in [0.1, 0.15) is 11.6 Å². The summed E-state index contributed by atoms with van der Waals surface area (Å²) in [4.78, 5) is 15.5. The molecule has 3 heterocycles. The lowest BCUT2D eigenvalue weighted by Crippen LogP contribution is -2.29. The van der Waals surface area contributed by atoms with Crippen LogP contribution in [0.2, 0.25) is 0 Å². The van der Waals surface area contributed by atoms with Crippen LogP contribution in [0.3, 0.4) is 0 Å². The molecule has 5 nitrogen and oxygen atoms in total. The van der Waals surface area contributed by atoms with Crippen LogP contribution in [0.5, 0.6) is 11.6 Å². The van der Waals surface area contributed by atoms with Crippen molar-refractivity contribution in [2.75, 3.05) is 11.4 Å². The Morgan fingerprint density at radius 2 is 2.05 bits per heavy atom. The Bertz CT molecular complexity index is 683. The van der Waals surface area contributed by atoms with Gasteiger partial charge in [0.15, 0.2) is 5.82 Å². The fourth-order valence-corrected chi connectivity index (χ4v) is 2.49. The SMILES string of the molecule is CC1CN2C(=N1)c1ccccc1Oc1nccnc12. The van der Waals surface area contributed by atoms with Crippen LogP contribution in [0.1, 0.15) is 12.5 Å². The van der Waals surface area contributed by atoms with Crippen LogP contribution in [-0.2, 0) is 0 Å². The number of anilines is 1. The molecule has 0 bridgehead atoms. The van der Waals surface area contributed by atoms with E-state index in [0.29, 0.717) is 5.88 Å². The summed E-state index contributed by atoms with van der Waals surface area (Å²) in [6.07, 6.45) is 3.32. The minimum atomic E-state index is 0.246. The molecule has 0 N–H and O–H groups in total. The summed E-state index contributed by atoms with van der Waals surface area (Å²) in [6.45, 7) is 2.90. The standard InChI is InChI=1S/C14H12N4O/c1-9-8-18-12(17-9)10-4-2-3-5-11(10)19-14-13(18)15-6-7-16-14/h2-7,9H,8H2,1H3. The third-order valence-corrected chi connectivity index (χ3v) is 3.28. The molecule has 0 aliphatic carbocycles.